The standard InChI is InChI=1S/C21H22N2O5/c1-13-10-16(11-17(12-22)21(25)28-15(3)20(24)27-5)14(2)23(13)18-6-8-19(26-4)9-7-18/h6-11,15H,1-5H3/b17-11+/t15-/m0/s1. The molecule has 0 saturated heterocycles. The Morgan fingerprint density at radius 3 is 2.36 bits per heavy atom. The van der Waals surface area contributed by atoms with Gasteiger partial charge in [-0.3, -0.25) is 0 Å². The lowest BCUT2D eigenvalue weighted by molar-refractivity contribution is -0.161. The number of aromatic nitrogens is 1. The van der Waals surface area contributed by atoms with Crippen LogP contribution >= 0.6 is 0 Å². The summed E-state index contributed by atoms with van der Waals surface area (Å²) < 4.78 is 16.7. The molecule has 0 fully saturated rings. The average molecular weight is 382 g/mol. The summed E-state index contributed by atoms with van der Waals surface area (Å²) in [5.74, 6) is -0.821. The zero-order valence-electron chi connectivity index (χ0n) is 16.5. The van der Waals surface area contributed by atoms with Crippen LogP contribution in [0.3, 0.4) is 0 Å². The van der Waals surface area contributed by atoms with Gasteiger partial charge in [0.2, 0.25) is 0 Å². The molecule has 0 amide bonds. The number of benzene rings is 1. The maximum atomic E-state index is 12.2. The van der Waals surface area contributed by atoms with Crippen molar-refractivity contribution in [2.24, 2.45) is 0 Å². The Morgan fingerprint density at radius 2 is 1.82 bits per heavy atom. The predicted octanol–water partition coefficient (Wildman–Crippen LogP) is 3.11. The summed E-state index contributed by atoms with van der Waals surface area (Å²) in [6.07, 6.45) is 0.357. The SMILES string of the molecule is COC(=O)[C@H](C)OC(=O)/C(C#N)=C/c1cc(C)n(-c2ccc(OC)cc2)c1C. The van der Waals surface area contributed by atoms with Gasteiger partial charge in [0.1, 0.15) is 17.4 Å². The largest absolute Gasteiger partial charge is 0.497 e. The molecule has 1 atom stereocenters. The molecule has 0 aliphatic rings. The van der Waals surface area contributed by atoms with Crippen molar-refractivity contribution in [1.29, 1.82) is 5.26 Å². The Kier molecular flexibility index (Phi) is 6.61. The van der Waals surface area contributed by atoms with Crippen LogP contribution in [0.25, 0.3) is 11.8 Å². The number of rotatable bonds is 6. The molecule has 0 bridgehead atoms. The van der Waals surface area contributed by atoms with Crippen molar-refractivity contribution in [2.45, 2.75) is 26.9 Å². The molecule has 0 spiro atoms. The first-order valence-corrected chi connectivity index (χ1v) is 8.56. The van der Waals surface area contributed by atoms with Gasteiger partial charge in [0.05, 0.1) is 14.2 Å². The molecule has 0 N–H and O–H groups in total. The van der Waals surface area contributed by atoms with Gasteiger partial charge in [-0.15, -0.1) is 0 Å². The van der Waals surface area contributed by atoms with Crippen molar-refractivity contribution < 1.29 is 23.8 Å². The van der Waals surface area contributed by atoms with Gasteiger partial charge in [-0.05, 0) is 62.7 Å². The molecule has 0 radical (unpaired) electrons. The lowest BCUT2D eigenvalue weighted by Crippen LogP contribution is -2.25. The first-order valence-electron chi connectivity index (χ1n) is 8.56. The van der Waals surface area contributed by atoms with Crippen LogP contribution in [0.5, 0.6) is 5.75 Å². The van der Waals surface area contributed by atoms with E-state index in [1.54, 1.807) is 7.11 Å². The van der Waals surface area contributed by atoms with E-state index in [4.69, 9.17) is 9.47 Å². The molecule has 7 heteroatoms. The molecule has 2 aromatic rings. The Hall–Kier alpha value is -3.53. The minimum atomic E-state index is -1.10. The summed E-state index contributed by atoms with van der Waals surface area (Å²) in [5, 5.41) is 9.35. The smallest absolute Gasteiger partial charge is 0.349 e. The molecule has 0 saturated carbocycles. The monoisotopic (exact) mass is 382 g/mol. The number of carbonyl (C=O) groups excluding carboxylic acids is 2. The molecule has 1 aromatic carbocycles. The number of carbonyl (C=O) groups is 2. The van der Waals surface area contributed by atoms with E-state index in [9.17, 15) is 14.9 Å². The second-order valence-electron chi connectivity index (χ2n) is 6.10. The minimum Gasteiger partial charge on any atom is -0.497 e. The molecule has 2 rings (SSSR count). The van der Waals surface area contributed by atoms with Crippen LogP contribution < -0.4 is 4.74 Å². The number of methoxy groups -OCH3 is 2. The summed E-state index contributed by atoms with van der Waals surface area (Å²) in [7, 11) is 2.80. The van der Waals surface area contributed by atoms with Gasteiger partial charge in [-0.1, -0.05) is 0 Å². The average Bonchev–Trinajstić information content (AvgIpc) is 2.98. The molecule has 1 heterocycles. The van der Waals surface area contributed by atoms with Crippen LogP contribution in [0.2, 0.25) is 0 Å². The topological polar surface area (TPSA) is 90.5 Å². The van der Waals surface area contributed by atoms with Gasteiger partial charge in [-0.25, -0.2) is 9.59 Å². The summed E-state index contributed by atoms with van der Waals surface area (Å²) in [6, 6.07) is 11.3. The van der Waals surface area contributed by atoms with Crippen LogP contribution in [0.4, 0.5) is 0 Å². The zero-order chi connectivity index (χ0) is 20.8. The fourth-order valence-corrected chi connectivity index (χ4v) is 2.79. The first-order chi connectivity index (χ1) is 13.3. The Morgan fingerprint density at radius 1 is 1.18 bits per heavy atom. The van der Waals surface area contributed by atoms with Gasteiger partial charge in [0.25, 0.3) is 0 Å². The van der Waals surface area contributed by atoms with Gasteiger partial charge in [-0.2, -0.15) is 5.26 Å². The highest BCUT2D eigenvalue weighted by molar-refractivity contribution is 5.99. The lowest BCUT2D eigenvalue weighted by Gasteiger charge is -2.11. The summed E-state index contributed by atoms with van der Waals surface area (Å²) >= 11 is 0. The number of ether oxygens (including phenoxy) is 3. The van der Waals surface area contributed by atoms with E-state index in [-0.39, 0.29) is 5.57 Å². The molecule has 0 aliphatic carbocycles. The fourth-order valence-electron chi connectivity index (χ4n) is 2.79. The Bertz CT molecular complexity index is 948. The van der Waals surface area contributed by atoms with E-state index in [0.29, 0.717) is 5.56 Å². The van der Waals surface area contributed by atoms with Crippen LogP contribution in [0.15, 0.2) is 35.9 Å². The maximum absolute atomic E-state index is 12.2. The maximum Gasteiger partial charge on any atom is 0.349 e. The quantitative estimate of drug-likeness (QED) is 0.433. The third-order valence-electron chi connectivity index (χ3n) is 4.26. The molecular formula is C21H22N2O5. The van der Waals surface area contributed by atoms with Crippen LogP contribution in [0.1, 0.15) is 23.9 Å². The van der Waals surface area contributed by atoms with E-state index < -0.39 is 18.0 Å². The highest BCUT2D eigenvalue weighted by Gasteiger charge is 2.21. The third-order valence-corrected chi connectivity index (χ3v) is 4.26. The van der Waals surface area contributed by atoms with Gasteiger partial charge >= 0.3 is 11.9 Å². The van der Waals surface area contributed by atoms with E-state index in [2.05, 4.69) is 4.74 Å². The highest BCUT2D eigenvalue weighted by Crippen LogP contribution is 2.24. The normalized spacial score (nSPS) is 12.1. The Balaban J connectivity index is 2.35. The second-order valence-corrected chi connectivity index (χ2v) is 6.10. The lowest BCUT2D eigenvalue weighted by atomic mass is 10.1. The van der Waals surface area contributed by atoms with Crippen molar-refractivity contribution in [3.63, 3.8) is 0 Å². The first kappa shape index (κ1) is 20.8. The number of hydrogen-bond donors (Lipinski definition) is 0. The van der Waals surface area contributed by atoms with Crippen molar-refractivity contribution in [3.05, 3.63) is 52.9 Å². The molecule has 7 nitrogen and oxygen atoms in total. The summed E-state index contributed by atoms with van der Waals surface area (Å²) in [6.45, 7) is 5.20. The minimum absolute atomic E-state index is 0.203. The summed E-state index contributed by atoms with van der Waals surface area (Å²) in [5.41, 5.74) is 3.21. The molecule has 0 aliphatic heterocycles. The second kappa shape index (κ2) is 8.91. The van der Waals surface area contributed by atoms with Crippen LogP contribution in [-0.4, -0.2) is 36.8 Å². The van der Waals surface area contributed by atoms with Crippen molar-refractivity contribution in [2.75, 3.05) is 14.2 Å². The van der Waals surface area contributed by atoms with Gasteiger partial charge < -0.3 is 18.8 Å². The number of nitrogens with zero attached hydrogens (tertiary/aromatic N) is 2. The van der Waals surface area contributed by atoms with Crippen molar-refractivity contribution in [1.82, 2.24) is 4.57 Å². The number of esters is 2. The molecular weight excluding hydrogens is 360 g/mol. The molecule has 146 valence electrons. The third kappa shape index (κ3) is 4.41. The van der Waals surface area contributed by atoms with Crippen molar-refractivity contribution in [3.8, 4) is 17.5 Å². The van der Waals surface area contributed by atoms with Crippen molar-refractivity contribution >= 4 is 18.0 Å². The fraction of sp³-hybridized carbons (Fsp3) is 0.286. The van der Waals surface area contributed by atoms with Gasteiger partial charge in [0.15, 0.2) is 6.10 Å². The van der Waals surface area contributed by atoms with Crippen LogP contribution in [-0.2, 0) is 19.1 Å². The predicted molar refractivity (Wildman–Crippen MR) is 103 cm³/mol. The number of aryl methyl sites for hydroxylation is 1. The van der Waals surface area contributed by atoms with E-state index in [0.717, 1.165) is 22.8 Å². The molecule has 0 unspecified atom stereocenters. The summed E-state index contributed by atoms with van der Waals surface area (Å²) in [4.78, 5) is 23.6. The van der Waals surface area contributed by atoms with E-state index in [1.807, 2.05) is 54.8 Å². The zero-order valence-corrected chi connectivity index (χ0v) is 16.5. The van der Waals surface area contributed by atoms with E-state index >= 15 is 0 Å². The van der Waals surface area contributed by atoms with E-state index in [1.165, 1.54) is 20.1 Å². The number of hydrogen-bond acceptors (Lipinski definition) is 6. The molecule has 28 heavy (non-hydrogen) atoms. The van der Waals surface area contributed by atoms with Crippen LogP contribution in [0, 0.1) is 25.2 Å². The molecule has 1 aromatic heterocycles. The van der Waals surface area contributed by atoms with Gasteiger partial charge in [0, 0.05) is 17.1 Å². The highest BCUT2D eigenvalue weighted by atomic mass is 16.6. The number of nitriles is 1. The Labute approximate surface area is 163 Å².